The number of nitrogens with one attached hydrogen (secondary N) is 1. The van der Waals surface area contributed by atoms with Crippen LogP contribution in [0.4, 0.5) is 0 Å². The Kier molecular flexibility index (Phi) is 5.35. The molecule has 1 atom stereocenters. The minimum atomic E-state index is -1.24. The monoisotopic (exact) mass is 267 g/mol. The van der Waals surface area contributed by atoms with E-state index in [1.54, 1.807) is 6.20 Å². The van der Waals surface area contributed by atoms with Crippen LogP contribution in [-0.4, -0.2) is 35.8 Å². The molecule has 1 rings (SSSR count). The molecular formula is C12H21N5O2. The van der Waals surface area contributed by atoms with Crippen LogP contribution in [0.2, 0.25) is 0 Å². The molecule has 1 aliphatic rings. The number of hydrogen-bond donors (Lipinski definition) is 4. The smallest absolute Gasteiger partial charge is 0.373 e. The van der Waals surface area contributed by atoms with Crippen LogP contribution in [0.15, 0.2) is 21.9 Å². The highest BCUT2D eigenvalue weighted by molar-refractivity contribution is 6.37. The van der Waals surface area contributed by atoms with E-state index < -0.39 is 5.97 Å². The van der Waals surface area contributed by atoms with E-state index in [0.717, 1.165) is 0 Å². The number of aliphatic imine (C=N–C) groups is 2. The molecule has 7 nitrogen and oxygen atoms in total. The van der Waals surface area contributed by atoms with Crippen molar-refractivity contribution in [3.05, 3.63) is 11.9 Å². The van der Waals surface area contributed by atoms with E-state index in [4.69, 9.17) is 16.6 Å². The maximum absolute atomic E-state index is 10.7. The first-order chi connectivity index (χ1) is 8.95. The van der Waals surface area contributed by atoms with Crippen LogP contribution >= 0.6 is 0 Å². The molecule has 0 aromatic carbocycles. The zero-order chi connectivity index (χ0) is 14.4. The van der Waals surface area contributed by atoms with Gasteiger partial charge in [-0.15, -0.1) is 0 Å². The fraction of sp³-hybridized carbons (Fsp3) is 0.583. The third-order valence-corrected chi connectivity index (χ3v) is 3.28. The number of nitrogens with zero attached hydrogens (tertiary/aromatic N) is 2. The van der Waals surface area contributed by atoms with Gasteiger partial charge in [-0.25, -0.2) is 9.79 Å². The van der Waals surface area contributed by atoms with Gasteiger partial charge in [0.1, 0.15) is 0 Å². The number of hydrogen-bond acceptors (Lipinski definition) is 4. The van der Waals surface area contributed by atoms with Crippen molar-refractivity contribution in [2.75, 3.05) is 7.05 Å². The summed E-state index contributed by atoms with van der Waals surface area (Å²) >= 11 is 0. The van der Waals surface area contributed by atoms with Crippen LogP contribution in [0.1, 0.15) is 26.2 Å². The normalized spacial score (nSPS) is 19.8. The number of aliphatic carboxylic acids is 1. The Balaban J connectivity index is 2.62. The zero-order valence-corrected chi connectivity index (χ0v) is 11.3. The third-order valence-electron chi connectivity index (χ3n) is 3.28. The maximum Gasteiger partial charge on any atom is 0.373 e. The van der Waals surface area contributed by atoms with Crippen LogP contribution in [0.3, 0.4) is 0 Å². The first kappa shape index (κ1) is 15.0. The first-order valence-electron chi connectivity index (χ1n) is 6.22. The van der Waals surface area contributed by atoms with E-state index in [-0.39, 0.29) is 17.4 Å². The molecule has 19 heavy (non-hydrogen) atoms. The minimum absolute atomic E-state index is 0.0590. The Hall–Kier alpha value is -2.05. The second-order valence-electron chi connectivity index (χ2n) is 4.60. The number of nitrogens with two attached hydrogens (primary N) is 2. The van der Waals surface area contributed by atoms with Crippen LogP contribution in [-0.2, 0) is 4.79 Å². The maximum atomic E-state index is 10.7. The molecule has 0 bridgehead atoms. The van der Waals surface area contributed by atoms with Gasteiger partial charge in [0.15, 0.2) is 5.84 Å². The van der Waals surface area contributed by atoms with Gasteiger partial charge in [0.25, 0.3) is 0 Å². The summed E-state index contributed by atoms with van der Waals surface area (Å²) < 4.78 is 0. The fourth-order valence-corrected chi connectivity index (χ4v) is 1.74. The van der Waals surface area contributed by atoms with Gasteiger partial charge >= 0.3 is 5.97 Å². The molecule has 1 saturated carbocycles. The quantitative estimate of drug-likeness (QED) is 0.422. The summed E-state index contributed by atoms with van der Waals surface area (Å²) in [5.74, 6) is -1.01. The lowest BCUT2D eigenvalue weighted by Gasteiger charge is -2.31. The van der Waals surface area contributed by atoms with Gasteiger partial charge in [0.2, 0.25) is 5.84 Å². The summed E-state index contributed by atoms with van der Waals surface area (Å²) in [6.07, 6.45) is 5.28. The van der Waals surface area contributed by atoms with Crippen LogP contribution in [0.25, 0.3) is 0 Å². The van der Waals surface area contributed by atoms with Gasteiger partial charge in [0.05, 0.1) is 5.70 Å². The van der Waals surface area contributed by atoms with E-state index in [9.17, 15) is 4.79 Å². The molecular weight excluding hydrogens is 246 g/mol. The number of carboxylic acids is 1. The molecule has 7 heteroatoms. The van der Waals surface area contributed by atoms with E-state index in [1.807, 2.05) is 0 Å². The molecule has 0 radical (unpaired) electrons. The lowest BCUT2D eigenvalue weighted by Crippen LogP contribution is -2.35. The van der Waals surface area contributed by atoms with Crippen molar-refractivity contribution < 1.29 is 9.90 Å². The minimum Gasteiger partial charge on any atom is -0.475 e. The predicted octanol–water partition coefficient (Wildman–Crippen LogP) is 0.0348. The lowest BCUT2D eigenvalue weighted by molar-refractivity contribution is -0.129. The Labute approximate surface area is 112 Å². The summed E-state index contributed by atoms with van der Waals surface area (Å²) in [6.45, 7) is 2.08. The van der Waals surface area contributed by atoms with Crippen molar-refractivity contribution in [3.8, 4) is 0 Å². The highest BCUT2D eigenvalue weighted by Gasteiger charge is 2.22. The van der Waals surface area contributed by atoms with Gasteiger partial charge < -0.3 is 21.9 Å². The predicted molar refractivity (Wildman–Crippen MR) is 74.8 cm³/mol. The van der Waals surface area contributed by atoms with Crippen molar-refractivity contribution >= 4 is 17.6 Å². The standard InChI is InChI=1S/C12H21N5O2/c1-7(8-4-3-5-8)16-6-9(13)10(14)17-11(15-2)12(18)19/h6-8,16H,3-5,13H2,1-2H3,(H,18,19)(H2,14,15,17)/b9-6-/t7-/m1/s1. The number of carboxylic acid groups (broad SMARTS) is 1. The Morgan fingerprint density at radius 3 is 2.53 bits per heavy atom. The molecule has 0 unspecified atom stereocenters. The van der Waals surface area contributed by atoms with Gasteiger partial charge in [-0.1, -0.05) is 6.42 Å². The largest absolute Gasteiger partial charge is 0.475 e. The average Bonchev–Trinajstić information content (AvgIpc) is 2.29. The van der Waals surface area contributed by atoms with Gasteiger partial charge in [-0.2, -0.15) is 0 Å². The van der Waals surface area contributed by atoms with E-state index in [2.05, 4.69) is 22.2 Å². The molecule has 6 N–H and O–H groups in total. The van der Waals surface area contributed by atoms with Crippen LogP contribution in [0.5, 0.6) is 0 Å². The molecule has 0 amide bonds. The van der Waals surface area contributed by atoms with Crippen molar-refractivity contribution in [2.24, 2.45) is 27.4 Å². The lowest BCUT2D eigenvalue weighted by atomic mass is 9.80. The van der Waals surface area contributed by atoms with Crippen LogP contribution < -0.4 is 16.8 Å². The zero-order valence-electron chi connectivity index (χ0n) is 11.3. The first-order valence-corrected chi connectivity index (χ1v) is 6.22. The van der Waals surface area contributed by atoms with E-state index >= 15 is 0 Å². The summed E-state index contributed by atoms with van der Waals surface area (Å²) in [7, 11) is 1.33. The molecule has 0 spiro atoms. The molecule has 0 aromatic heterocycles. The van der Waals surface area contributed by atoms with Crippen molar-refractivity contribution in [1.29, 1.82) is 0 Å². The van der Waals surface area contributed by atoms with Gasteiger partial charge in [-0.05, 0) is 25.7 Å². The summed E-state index contributed by atoms with van der Waals surface area (Å²) in [6, 6.07) is 0.318. The average molecular weight is 267 g/mol. The molecule has 1 fully saturated rings. The van der Waals surface area contributed by atoms with Crippen molar-refractivity contribution in [2.45, 2.75) is 32.2 Å². The van der Waals surface area contributed by atoms with E-state index in [1.165, 1.54) is 26.3 Å². The molecule has 0 saturated heterocycles. The summed E-state index contributed by atoms with van der Waals surface area (Å²) in [4.78, 5) is 17.9. The molecule has 0 aromatic rings. The van der Waals surface area contributed by atoms with Crippen LogP contribution in [0, 0.1) is 5.92 Å². The Morgan fingerprint density at radius 1 is 1.47 bits per heavy atom. The Morgan fingerprint density at radius 2 is 2.11 bits per heavy atom. The second kappa shape index (κ2) is 6.77. The Bertz CT molecular complexity index is 424. The highest BCUT2D eigenvalue weighted by Crippen LogP contribution is 2.29. The third kappa shape index (κ3) is 4.27. The topological polar surface area (TPSA) is 126 Å². The molecule has 106 valence electrons. The molecule has 0 heterocycles. The van der Waals surface area contributed by atoms with Crippen molar-refractivity contribution in [1.82, 2.24) is 5.32 Å². The molecule has 0 aliphatic heterocycles. The molecule has 1 aliphatic carbocycles. The van der Waals surface area contributed by atoms with Crippen molar-refractivity contribution in [3.63, 3.8) is 0 Å². The number of rotatable bonds is 4. The van der Waals surface area contributed by atoms with Gasteiger partial charge in [0, 0.05) is 19.3 Å². The SMILES string of the molecule is C\N=C(/N=C(N)\C(N)=C\N[C@H](C)C1CCC1)C(=O)O. The highest BCUT2D eigenvalue weighted by atomic mass is 16.4. The fourth-order valence-electron chi connectivity index (χ4n) is 1.74. The van der Waals surface area contributed by atoms with Gasteiger partial charge in [-0.3, -0.25) is 4.99 Å². The second-order valence-corrected chi connectivity index (χ2v) is 4.60. The number of carbonyl (C=O) groups is 1. The number of amidine groups is 2. The summed E-state index contributed by atoms with van der Waals surface area (Å²) in [5, 5.41) is 11.9. The summed E-state index contributed by atoms with van der Waals surface area (Å²) in [5.41, 5.74) is 11.5. The van der Waals surface area contributed by atoms with E-state index in [0.29, 0.717) is 12.0 Å².